The number of hydrogen-bond acceptors (Lipinski definition) is 5. The van der Waals surface area contributed by atoms with E-state index < -0.39 is 10.0 Å². The van der Waals surface area contributed by atoms with Gasteiger partial charge in [-0.05, 0) is 55.5 Å². The predicted octanol–water partition coefficient (Wildman–Crippen LogP) is 3.17. The summed E-state index contributed by atoms with van der Waals surface area (Å²) in [6.07, 6.45) is 1.79. The molecule has 0 N–H and O–H groups in total. The van der Waals surface area contributed by atoms with Crippen molar-refractivity contribution in [1.29, 1.82) is 0 Å². The predicted molar refractivity (Wildman–Crippen MR) is 129 cm³/mol. The first-order valence-corrected chi connectivity index (χ1v) is 12.4. The standard InChI is InChI=1S/C25H28N4O3S/c1-20-6-12-24(13-7-20)33(31,32)27(2)23-10-8-21(9-11-23)25(30)29-17-15-28(16-18-29)19-22-5-3-4-14-26-22/h3-14H,15-19H2,1-2H3. The number of aromatic nitrogens is 1. The molecule has 1 amide bonds. The van der Waals surface area contributed by atoms with Gasteiger partial charge in [0.15, 0.2) is 0 Å². The minimum atomic E-state index is -3.67. The number of pyridine rings is 1. The van der Waals surface area contributed by atoms with Crippen LogP contribution in [-0.4, -0.2) is 62.3 Å². The highest BCUT2D eigenvalue weighted by atomic mass is 32.2. The van der Waals surface area contributed by atoms with Crippen molar-refractivity contribution in [3.63, 3.8) is 0 Å². The van der Waals surface area contributed by atoms with Gasteiger partial charge in [0.05, 0.1) is 16.3 Å². The van der Waals surface area contributed by atoms with Crippen molar-refractivity contribution in [2.45, 2.75) is 18.4 Å². The molecule has 2 aromatic carbocycles. The Kier molecular flexibility index (Phi) is 6.76. The Morgan fingerprint density at radius 1 is 0.939 bits per heavy atom. The SMILES string of the molecule is Cc1ccc(S(=O)(=O)N(C)c2ccc(C(=O)N3CCN(Cc4ccccn4)CC3)cc2)cc1. The Hall–Kier alpha value is -3.23. The summed E-state index contributed by atoms with van der Waals surface area (Å²) in [6, 6.07) is 19.4. The second kappa shape index (κ2) is 9.72. The van der Waals surface area contributed by atoms with E-state index in [0.717, 1.165) is 30.9 Å². The lowest BCUT2D eigenvalue weighted by atomic mass is 10.1. The van der Waals surface area contributed by atoms with Crippen LogP contribution in [0.3, 0.4) is 0 Å². The molecule has 1 saturated heterocycles. The van der Waals surface area contributed by atoms with Crippen LogP contribution in [0.15, 0.2) is 77.8 Å². The van der Waals surface area contributed by atoms with Gasteiger partial charge in [0, 0.05) is 51.5 Å². The molecule has 1 aliphatic rings. The van der Waals surface area contributed by atoms with E-state index in [9.17, 15) is 13.2 Å². The number of anilines is 1. The average Bonchev–Trinajstić information content (AvgIpc) is 2.84. The van der Waals surface area contributed by atoms with E-state index >= 15 is 0 Å². The highest BCUT2D eigenvalue weighted by molar-refractivity contribution is 7.92. The van der Waals surface area contributed by atoms with E-state index in [0.29, 0.717) is 24.3 Å². The molecule has 0 saturated carbocycles. The Balaban J connectivity index is 1.38. The molecule has 0 unspecified atom stereocenters. The maximum Gasteiger partial charge on any atom is 0.264 e. The Morgan fingerprint density at radius 2 is 1.61 bits per heavy atom. The minimum absolute atomic E-state index is 0.0388. The lowest BCUT2D eigenvalue weighted by molar-refractivity contribution is 0.0627. The Bertz CT molecular complexity index is 1190. The molecule has 1 aromatic heterocycles. The van der Waals surface area contributed by atoms with Gasteiger partial charge in [-0.1, -0.05) is 23.8 Å². The third-order valence-corrected chi connectivity index (χ3v) is 7.73. The van der Waals surface area contributed by atoms with Crippen molar-refractivity contribution >= 4 is 21.6 Å². The summed E-state index contributed by atoms with van der Waals surface area (Å²) in [5, 5.41) is 0. The van der Waals surface area contributed by atoms with E-state index in [4.69, 9.17) is 0 Å². The van der Waals surface area contributed by atoms with E-state index in [-0.39, 0.29) is 10.8 Å². The van der Waals surface area contributed by atoms with E-state index in [1.54, 1.807) is 54.7 Å². The Morgan fingerprint density at radius 3 is 2.21 bits per heavy atom. The van der Waals surface area contributed by atoms with Gasteiger partial charge in [0.25, 0.3) is 15.9 Å². The smallest absolute Gasteiger partial charge is 0.264 e. The molecule has 3 aromatic rings. The summed E-state index contributed by atoms with van der Waals surface area (Å²) in [5.41, 5.74) is 3.08. The summed E-state index contributed by atoms with van der Waals surface area (Å²) in [5.74, 6) is -0.0388. The molecule has 0 bridgehead atoms. The maximum absolute atomic E-state index is 13.0. The van der Waals surface area contributed by atoms with Crippen molar-refractivity contribution in [2.75, 3.05) is 37.5 Å². The number of sulfonamides is 1. The first-order valence-electron chi connectivity index (χ1n) is 10.9. The van der Waals surface area contributed by atoms with Crippen LogP contribution >= 0.6 is 0 Å². The summed E-state index contributed by atoms with van der Waals surface area (Å²) >= 11 is 0. The molecule has 172 valence electrons. The number of amides is 1. The summed E-state index contributed by atoms with van der Waals surface area (Å²) in [4.78, 5) is 21.7. The van der Waals surface area contributed by atoms with Crippen LogP contribution in [0.1, 0.15) is 21.6 Å². The molecule has 0 radical (unpaired) electrons. The lowest BCUT2D eigenvalue weighted by Gasteiger charge is -2.34. The van der Waals surface area contributed by atoms with Gasteiger partial charge in [-0.15, -0.1) is 0 Å². The molecule has 7 nitrogen and oxygen atoms in total. The fourth-order valence-corrected chi connectivity index (χ4v) is 5.03. The highest BCUT2D eigenvalue weighted by Gasteiger charge is 2.24. The lowest BCUT2D eigenvalue weighted by Crippen LogP contribution is -2.48. The number of carbonyl (C=O) groups excluding carboxylic acids is 1. The second-order valence-corrected chi connectivity index (χ2v) is 10.2. The zero-order valence-corrected chi connectivity index (χ0v) is 19.7. The summed E-state index contributed by atoms with van der Waals surface area (Å²) in [6.45, 7) is 5.57. The molecule has 33 heavy (non-hydrogen) atoms. The van der Waals surface area contributed by atoms with E-state index in [2.05, 4.69) is 9.88 Å². The number of carbonyl (C=O) groups is 1. The van der Waals surface area contributed by atoms with Gasteiger partial charge in [0.2, 0.25) is 0 Å². The number of hydrogen-bond donors (Lipinski definition) is 0. The van der Waals surface area contributed by atoms with Crippen molar-refractivity contribution in [1.82, 2.24) is 14.8 Å². The minimum Gasteiger partial charge on any atom is -0.336 e. The summed E-state index contributed by atoms with van der Waals surface area (Å²) in [7, 11) is -2.15. The van der Waals surface area contributed by atoms with Gasteiger partial charge in [-0.25, -0.2) is 8.42 Å². The van der Waals surface area contributed by atoms with Crippen molar-refractivity contribution < 1.29 is 13.2 Å². The molecule has 1 aliphatic heterocycles. The molecule has 8 heteroatoms. The first kappa shape index (κ1) is 22.9. The Labute approximate surface area is 195 Å². The third kappa shape index (κ3) is 5.23. The molecule has 0 spiro atoms. The monoisotopic (exact) mass is 464 g/mol. The van der Waals surface area contributed by atoms with Crippen molar-refractivity contribution in [3.8, 4) is 0 Å². The topological polar surface area (TPSA) is 73.8 Å². The van der Waals surface area contributed by atoms with Gasteiger partial charge < -0.3 is 4.90 Å². The van der Waals surface area contributed by atoms with Crippen LogP contribution in [0.2, 0.25) is 0 Å². The fourth-order valence-electron chi connectivity index (χ4n) is 3.83. The number of aryl methyl sites for hydroxylation is 1. The van der Waals surface area contributed by atoms with E-state index in [1.165, 1.54) is 11.4 Å². The molecule has 1 fully saturated rings. The number of nitrogens with zero attached hydrogens (tertiary/aromatic N) is 4. The average molecular weight is 465 g/mol. The molecular formula is C25H28N4O3S. The first-order chi connectivity index (χ1) is 15.8. The van der Waals surface area contributed by atoms with E-state index in [1.807, 2.05) is 30.0 Å². The van der Waals surface area contributed by atoms with Crippen LogP contribution in [-0.2, 0) is 16.6 Å². The van der Waals surface area contributed by atoms with Crippen molar-refractivity contribution in [2.24, 2.45) is 0 Å². The van der Waals surface area contributed by atoms with Crippen LogP contribution in [0.25, 0.3) is 0 Å². The number of benzene rings is 2. The molecule has 0 atom stereocenters. The zero-order chi connectivity index (χ0) is 23.4. The molecule has 2 heterocycles. The molecule has 0 aliphatic carbocycles. The highest BCUT2D eigenvalue weighted by Crippen LogP contribution is 2.23. The number of piperazine rings is 1. The third-order valence-electron chi connectivity index (χ3n) is 5.93. The largest absolute Gasteiger partial charge is 0.336 e. The van der Waals surface area contributed by atoms with Crippen LogP contribution in [0.5, 0.6) is 0 Å². The zero-order valence-electron chi connectivity index (χ0n) is 18.9. The summed E-state index contributed by atoms with van der Waals surface area (Å²) < 4.78 is 27.1. The molecule has 4 rings (SSSR count). The van der Waals surface area contributed by atoms with Crippen LogP contribution in [0.4, 0.5) is 5.69 Å². The van der Waals surface area contributed by atoms with Gasteiger partial charge in [0.1, 0.15) is 0 Å². The molecular weight excluding hydrogens is 436 g/mol. The quantitative estimate of drug-likeness (QED) is 0.560. The van der Waals surface area contributed by atoms with Gasteiger partial charge in [-0.3, -0.25) is 19.0 Å². The second-order valence-electron chi connectivity index (χ2n) is 8.22. The van der Waals surface area contributed by atoms with Crippen LogP contribution in [0, 0.1) is 6.92 Å². The number of rotatable bonds is 6. The van der Waals surface area contributed by atoms with Gasteiger partial charge in [-0.2, -0.15) is 0 Å². The van der Waals surface area contributed by atoms with Crippen molar-refractivity contribution in [3.05, 3.63) is 89.7 Å². The normalized spacial score (nSPS) is 14.8. The van der Waals surface area contributed by atoms with Gasteiger partial charge >= 0.3 is 0 Å². The maximum atomic E-state index is 13.0. The van der Waals surface area contributed by atoms with Crippen LogP contribution < -0.4 is 4.31 Å². The fraction of sp³-hybridized carbons (Fsp3) is 0.280.